The Morgan fingerprint density at radius 1 is 1.20 bits per heavy atom. The summed E-state index contributed by atoms with van der Waals surface area (Å²) in [6.07, 6.45) is 2.37. The second-order valence-corrected chi connectivity index (χ2v) is 5.86. The molecule has 0 aliphatic carbocycles. The van der Waals surface area contributed by atoms with Crippen molar-refractivity contribution in [2.24, 2.45) is 0 Å². The molecule has 0 bridgehead atoms. The molecule has 1 aromatic rings. The summed E-state index contributed by atoms with van der Waals surface area (Å²) in [4.78, 5) is 4.64. The van der Waals surface area contributed by atoms with Gasteiger partial charge >= 0.3 is 0 Å². The number of rotatable bonds is 4. The number of benzene rings is 1. The number of piperazine rings is 1. The van der Waals surface area contributed by atoms with Gasteiger partial charge in [0.25, 0.3) is 0 Å². The van der Waals surface area contributed by atoms with E-state index in [4.69, 9.17) is 23.8 Å². The number of nitrogens with zero attached hydrogens (tertiary/aromatic N) is 2. The summed E-state index contributed by atoms with van der Waals surface area (Å²) in [5.74, 6) is 0. The van der Waals surface area contributed by atoms with E-state index >= 15 is 0 Å². The largest absolute Gasteiger partial charge is 0.368 e. The van der Waals surface area contributed by atoms with Gasteiger partial charge < -0.3 is 15.1 Å². The summed E-state index contributed by atoms with van der Waals surface area (Å²) >= 11 is 11.4. The Bertz CT molecular complexity index is 427. The smallest absolute Gasteiger partial charge is 0.169 e. The van der Waals surface area contributed by atoms with Crippen LogP contribution < -0.4 is 10.2 Å². The van der Waals surface area contributed by atoms with Crippen LogP contribution in [0.25, 0.3) is 0 Å². The second-order valence-electron chi connectivity index (χ2n) is 5.04. The lowest BCUT2D eigenvalue weighted by Crippen LogP contribution is -2.51. The second kappa shape index (κ2) is 7.70. The lowest BCUT2D eigenvalue weighted by Gasteiger charge is -2.37. The maximum atomic E-state index is 5.92. The Morgan fingerprint density at radius 3 is 2.45 bits per heavy atom. The molecule has 1 fully saturated rings. The van der Waals surface area contributed by atoms with Gasteiger partial charge in [0.2, 0.25) is 0 Å². The summed E-state index contributed by atoms with van der Waals surface area (Å²) in [7, 11) is 0. The predicted molar refractivity (Wildman–Crippen MR) is 90.7 cm³/mol. The van der Waals surface area contributed by atoms with Crippen LogP contribution in [0.3, 0.4) is 0 Å². The minimum Gasteiger partial charge on any atom is -0.368 e. The fourth-order valence-corrected chi connectivity index (χ4v) is 2.71. The molecule has 1 aliphatic heterocycles. The number of unbranched alkanes of at least 4 members (excludes halogenated alkanes) is 1. The minimum absolute atomic E-state index is 0.786. The van der Waals surface area contributed by atoms with Crippen molar-refractivity contribution in [2.45, 2.75) is 19.8 Å². The molecule has 0 unspecified atom stereocenters. The van der Waals surface area contributed by atoms with E-state index in [9.17, 15) is 0 Å². The van der Waals surface area contributed by atoms with Crippen molar-refractivity contribution >= 4 is 34.6 Å². The molecule has 1 N–H and O–H groups in total. The molecule has 20 heavy (non-hydrogen) atoms. The van der Waals surface area contributed by atoms with Crippen molar-refractivity contribution in [1.82, 2.24) is 10.2 Å². The Hall–Kier alpha value is -1.00. The van der Waals surface area contributed by atoms with Gasteiger partial charge in [-0.15, -0.1) is 0 Å². The zero-order valence-electron chi connectivity index (χ0n) is 11.9. The molecule has 1 heterocycles. The number of anilines is 1. The van der Waals surface area contributed by atoms with Crippen LogP contribution in [0.2, 0.25) is 5.02 Å². The highest BCUT2D eigenvalue weighted by molar-refractivity contribution is 7.80. The number of halogens is 1. The predicted octanol–water partition coefficient (Wildman–Crippen LogP) is 3.14. The maximum Gasteiger partial charge on any atom is 0.169 e. The van der Waals surface area contributed by atoms with Crippen molar-refractivity contribution in [3.63, 3.8) is 0 Å². The summed E-state index contributed by atoms with van der Waals surface area (Å²) in [6, 6.07) is 8.05. The molecule has 0 saturated carbocycles. The van der Waals surface area contributed by atoms with E-state index in [2.05, 4.69) is 34.2 Å². The molecular formula is C15H22ClN3S. The van der Waals surface area contributed by atoms with Crippen LogP contribution in [0, 0.1) is 0 Å². The third-order valence-electron chi connectivity index (χ3n) is 3.57. The van der Waals surface area contributed by atoms with Crippen LogP contribution >= 0.6 is 23.8 Å². The van der Waals surface area contributed by atoms with Crippen LogP contribution in [0.5, 0.6) is 0 Å². The van der Waals surface area contributed by atoms with Gasteiger partial charge in [0.05, 0.1) is 0 Å². The highest BCUT2D eigenvalue weighted by Crippen LogP contribution is 2.19. The van der Waals surface area contributed by atoms with E-state index in [1.807, 2.05) is 12.1 Å². The molecule has 1 aliphatic rings. The van der Waals surface area contributed by atoms with Crippen molar-refractivity contribution in [3.05, 3.63) is 29.3 Å². The zero-order valence-corrected chi connectivity index (χ0v) is 13.5. The van der Waals surface area contributed by atoms with Gasteiger partial charge in [-0.05, 0) is 42.9 Å². The Labute approximate surface area is 131 Å². The average molecular weight is 312 g/mol. The molecule has 0 spiro atoms. The number of hydrogen-bond donors (Lipinski definition) is 1. The topological polar surface area (TPSA) is 18.5 Å². The zero-order chi connectivity index (χ0) is 14.4. The van der Waals surface area contributed by atoms with Gasteiger partial charge in [0.1, 0.15) is 0 Å². The van der Waals surface area contributed by atoms with Crippen LogP contribution in [-0.4, -0.2) is 42.7 Å². The van der Waals surface area contributed by atoms with Gasteiger partial charge in [-0.3, -0.25) is 0 Å². The first-order valence-corrected chi connectivity index (χ1v) is 8.02. The average Bonchev–Trinajstić information content (AvgIpc) is 2.48. The van der Waals surface area contributed by atoms with Gasteiger partial charge in [-0.1, -0.05) is 24.9 Å². The van der Waals surface area contributed by atoms with Crippen LogP contribution in [0.15, 0.2) is 24.3 Å². The number of hydrogen-bond acceptors (Lipinski definition) is 2. The van der Waals surface area contributed by atoms with Crippen LogP contribution in [0.4, 0.5) is 5.69 Å². The monoisotopic (exact) mass is 311 g/mol. The molecule has 5 heteroatoms. The highest BCUT2D eigenvalue weighted by atomic mass is 35.5. The molecule has 3 nitrogen and oxygen atoms in total. The maximum absolute atomic E-state index is 5.92. The molecule has 0 aromatic heterocycles. The Morgan fingerprint density at radius 2 is 1.85 bits per heavy atom. The fraction of sp³-hybridized carbons (Fsp3) is 0.533. The highest BCUT2D eigenvalue weighted by Gasteiger charge is 2.18. The van der Waals surface area contributed by atoms with Crippen LogP contribution in [0.1, 0.15) is 19.8 Å². The van der Waals surface area contributed by atoms with Gasteiger partial charge in [0, 0.05) is 43.4 Å². The first kappa shape index (κ1) is 15.4. The summed E-state index contributed by atoms with van der Waals surface area (Å²) in [5.41, 5.74) is 1.24. The Balaban J connectivity index is 1.80. The van der Waals surface area contributed by atoms with E-state index in [1.54, 1.807) is 0 Å². The Kier molecular flexibility index (Phi) is 5.92. The third kappa shape index (κ3) is 4.25. The first-order chi connectivity index (χ1) is 9.70. The standard InChI is InChI=1S/C15H22ClN3S/c1-2-3-8-17-15(20)19-11-9-18(10-12-19)14-6-4-13(16)5-7-14/h4-7H,2-3,8-12H2,1H3,(H,17,20). The lowest BCUT2D eigenvalue weighted by atomic mass is 10.2. The molecule has 110 valence electrons. The minimum atomic E-state index is 0.786. The molecule has 1 aromatic carbocycles. The van der Waals surface area contributed by atoms with E-state index < -0.39 is 0 Å². The molecule has 2 rings (SSSR count). The molecule has 1 saturated heterocycles. The van der Waals surface area contributed by atoms with E-state index in [0.717, 1.165) is 42.9 Å². The number of thiocarbonyl (C=S) groups is 1. The summed E-state index contributed by atoms with van der Waals surface area (Å²) < 4.78 is 0. The SMILES string of the molecule is CCCCNC(=S)N1CCN(c2ccc(Cl)cc2)CC1. The van der Waals surface area contributed by atoms with E-state index in [0.29, 0.717) is 0 Å². The van der Waals surface area contributed by atoms with E-state index in [1.165, 1.54) is 18.5 Å². The quantitative estimate of drug-likeness (QED) is 0.680. The van der Waals surface area contributed by atoms with Crippen molar-refractivity contribution < 1.29 is 0 Å². The lowest BCUT2D eigenvalue weighted by molar-refractivity contribution is 0.380. The van der Waals surface area contributed by atoms with Gasteiger partial charge in [-0.25, -0.2) is 0 Å². The van der Waals surface area contributed by atoms with Crippen molar-refractivity contribution in [1.29, 1.82) is 0 Å². The van der Waals surface area contributed by atoms with Crippen molar-refractivity contribution in [2.75, 3.05) is 37.6 Å². The first-order valence-electron chi connectivity index (χ1n) is 7.24. The van der Waals surface area contributed by atoms with E-state index in [-0.39, 0.29) is 0 Å². The summed E-state index contributed by atoms with van der Waals surface area (Å²) in [6.45, 7) is 7.11. The number of nitrogens with one attached hydrogen (secondary N) is 1. The van der Waals surface area contributed by atoms with Gasteiger partial charge in [0.15, 0.2) is 5.11 Å². The molecule has 0 atom stereocenters. The normalized spacial score (nSPS) is 15.3. The summed E-state index contributed by atoms with van der Waals surface area (Å²) in [5, 5.41) is 5.02. The third-order valence-corrected chi connectivity index (χ3v) is 4.22. The van der Waals surface area contributed by atoms with Crippen molar-refractivity contribution in [3.8, 4) is 0 Å². The van der Waals surface area contributed by atoms with Gasteiger partial charge in [-0.2, -0.15) is 0 Å². The molecule has 0 amide bonds. The molecule has 0 radical (unpaired) electrons. The fourth-order valence-electron chi connectivity index (χ4n) is 2.30. The van der Waals surface area contributed by atoms with Crippen LogP contribution in [-0.2, 0) is 0 Å². The molecular weight excluding hydrogens is 290 g/mol.